The zero-order valence-corrected chi connectivity index (χ0v) is 20.1. The van der Waals surface area contributed by atoms with E-state index in [1.54, 1.807) is 12.1 Å². The minimum Gasteiger partial charge on any atom is -0.503 e. The van der Waals surface area contributed by atoms with Crippen LogP contribution in [0.1, 0.15) is 27.7 Å². The van der Waals surface area contributed by atoms with Gasteiger partial charge in [-0.05, 0) is 47.5 Å². The molecule has 0 saturated heterocycles. The first kappa shape index (κ1) is 23.3. The van der Waals surface area contributed by atoms with Crippen molar-refractivity contribution in [1.82, 2.24) is 10.2 Å². The first-order valence-corrected chi connectivity index (χ1v) is 12.4. The Balaban J connectivity index is 1.48. The van der Waals surface area contributed by atoms with Gasteiger partial charge >= 0.3 is 0 Å². The number of aromatic nitrogens is 2. The van der Waals surface area contributed by atoms with E-state index >= 15 is 0 Å². The van der Waals surface area contributed by atoms with E-state index in [1.165, 1.54) is 59.3 Å². The molecule has 4 aromatic rings. The molecule has 1 unspecified atom stereocenters. The number of benzene rings is 2. The first-order chi connectivity index (χ1) is 16.9. The summed E-state index contributed by atoms with van der Waals surface area (Å²) in [4.78, 5) is 27.5. The summed E-state index contributed by atoms with van der Waals surface area (Å²) in [6.45, 7) is 0. The molecule has 0 aliphatic carbocycles. The smallest absolute Gasteiger partial charge is 0.296 e. The van der Waals surface area contributed by atoms with Gasteiger partial charge in [0, 0.05) is 10.8 Å². The van der Waals surface area contributed by atoms with E-state index in [2.05, 4.69) is 10.2 Å². The van der Waals surface area contributed by atoms with Crippen LogP contribution in [0.25, 0.3) is 0 Å². The summed E-state index contributed by atoms with van der Waals surface area (Å²) in [6, 6.07) is 14.7. The number of ketones is 1. The lowest BCUT2D eigenvalue weighted by molar-refractivity contribution is -0.117. The van der Waals surface area contributed by atoms with Crippen LogP contribution < -0.4 is 4.90 Å². The van der Waals surface area contributed by atoms with Crippen molar-refractivity contribution in [2.45, 2.75) is 16.1 Å². The second kappa shape index (κ2) is 9.65. The van der Waals surface area contributed by atoms with Crippen molar-refractivity contribution in [1.29, 1.82) is 0 Å². The molecule has 7 nitrogen and oxygen atoms in total. The largest absolute Gasteiger partial charge is 0.503 e. The molecule has 1 aliphatic rings. The molecule has 1 N–H and O–H groups in total. The minimum absolute atomic E-state index is 0.0372. The van der Waals surface area contributed by atoms with Crippen LogP contribution in [0.2, 0.25) is 5.02 Å². The Morgan fingerprint density at radius 2 is 1.89 bits per heavy atom. The number of amides is 1. The molecule has 0 bridgehead atoms. The summed E-state index contributed by atoms with van der Waals surface area (Å²) in [5.41, 5.74) is 1.27. The highest BCUT2D eigenvalue weighted by molar-refractivity contribution is 8.00. The van der Waals surface area contributed by atoms with E-state index in [4.69, 9.17) is 16.0 Å². The topological polar surface area (TPSA) is 96.5 Å². The Morgan fingerprint density at radius 3 is 2.57 bits per heavy atom. The van der Waals surface area contributed by atoms with E-state index in [9.17, 15) is 19.1 Å². The van der Waals surface area contributed by atoms with Crippen molar-refractivity contribution < 1.29 is 23.5 Å². The highest BCUT2D eigenvalue weighted by Crippen LogP contribution is 2.44. The number of anilines is 1. The number of hydrogen-bond acceptors (Lipinski definition) is 8. The average Bonchev–Trinajstić information content (AvgIpc) is 3.60. The summed E-state index contributed by atoms with van der Waals surface area (Å²) in [6.07, 6.45) is 1.32. The van der Waals surface area contributed by atoms with Crippen molar-refractivity contribution in [3.8, 4) is 0 Å². The molecule has 5 rings (SSSR count). The summed E-state index contributed by atoms with van der Waals surface area (Å²) >= 11 is 8.50. The van der Waals surface area contributed by atoms with Gasteiger partial charge in [-0.25, -0.2) is 4.39 Å². The Hall–Kier alpha value is -3.47. The number of carbonyl (C=O) groups excluding carboxylic acids is 2. The summed E-state index contributed by atoms with van der Waals surface area (Å²) in [5.74, 6) is -2.09. The van der Waals surface area contributed by atoms with E-state index < -0.39 is 29.3 Å². The van der Waals surface area contributed by atoms with Crippen LogP contribution in [0.4, 0.5) is 9.52 Å². The van der Waals surface area contributed by atoms with Gasteiger partial charge in [0.2, 0.25) is 10.9 Å². The molecule has 35 heavy (non-hydrogen) atoms. The molecule has 0 radical (unpaired) electrons. The van der Waals surface area contributed by atoms with Crippen LogP contribution in [0.15, 0.2) is 87.0 Å². The Kier molecular flexibility index (Phi) is 6.42. The number of halogens is 2. The maximum Gasteiger partial charge on any atom is 0.296 e. The lowest BCUT2D eigenvalue weighted by Gasteiger charge is -2.23. The van der Waals surface area contributed by atoms with Crippen LogP contribution in [0, 0.1) is 5.82 Å². The minimum atomic E-state index is -1.04. The van der Waals surface area contributed by atoms with Gasteiger partial charge in [-0.15, -0.1) is 10.2 Å². The van der Waals surface area contributed by atoms with Crippen LogP contribution in [0.5, 0.6) is 0 Å². The molecule has 1 amide bonds. The van der Waals surface area contributed by atoms with E-state index in [-0.39, 0.29) is 16.5 Å². The maximum atomic E-state index is 13.6. The van der Waals surface area contributed by atoms with Crippen molar-refractivity contribution in [3.63, 3.8) is 0 Å². The van der Waals surface area contributed by atoms with Crippen LogP contribution in [-0.2, 0) is 10.5 Å². The van der Waals surface area contributed by atoms with Gasteiger partial charge in [-0.3, -0.25) is 14.5 Å². The lowest BCUT2D eigenvalue weighted by Crippen LogP contribution is -2.31. The third-order valence-corrected chi connectivity index (χ3v) is 7.64. The summed E-state index contributed by atoms with van der Waals surface area (Å²) in [7, 11) is 0. The molecular formula is C24H15ClFN3O4S2. The number of hydrogen-bond donors (Lipinski definition) is 1. The van der Waals surface area contributed by atoms with E-state index in [0.29, 0.717) is 20.7 Å². The zero-order valence-electron chi connectivity index (χ0n) is 17.7. The molecule has 0 fully saturated rings. The Morgan fingerprint density at radius 1 is 1.14 bits per heavy atom. The molecule has 1 aliphatic heterocycles. The second-order valence-corrected chi connectivity index (χ2v) is 10.1. The first-order valence-electron chi connectivity index (χ1n) is 10.2. The standard InChI is InChI=1S/C24H15ClFN3O4S2/c25-15-7-3-13(4-8-15)12-34-24-28-27-23(35-24)29-19(14-5-9-16(26)10-6-14)18(21(31)22(29)32)20(30)17-2-1-11-33-17/h1-11,19,31H,12H2. The van der Waals surface area contributed by atoms with Crippen molar-refractivity contribution in [3.05, 3.63) is 106 Å². The van der Waals surface area contributed by atoms with Gasteiger partial charge in [0.1, 0.15) is 5.82 Å². The highest BCUT2D eigenvalue weighted by atomic mass is 35.5. The number of thioether (sulfide) groups is 1. The number of carbonyl (C=O) groups is 2. The number of Topliss-reactive ketones (excluding diaryl/α,β-unsaturated/α-hetero) is 1. The molecular weight excluding hydrogens is 513 g/mol. The van der Waals surface area contributed by atoms with E-state index in [1.807, 2.05) is 12.1 Å². The quantitative estimate of drug-likeness (QED) is 0.179. The number of aliphatic hydroxyl groups is 1. The van der Waals surface area contributed by atoms with Crippen LogP contribution in [-0.4, -0.2) is 27.0 Å². The highest BCUT2D eigenvalue weighted by Gasteiger charge is 2.46. The fourth-order valence-corrected chi connectivity index (χ4v) is 5.57. The monoisotopic (exact) mass is 527 g/mol. The summed E-state index contributed by atoms with van der Waals surface area (Å²) in [5, 5.41) is 19.9. The second-order valence-electron chi connectivity index (χ2n) is 7.46. The molecule has 1 atom stereocenters. The third kappa shape index (κ3) is 4.60. The Labute approximate surface area is 211 Å². The van der Waals surface area contributed by atoms with Crippen molar-refractivity contribution in [2.24, 2.45) is 0 Å². The SMILES string of the molecule is O=C(C1=C(O)C(=O)N(c2nnc(SCc3ccc(Cl)cc3)s2)C1c1ccc(F)cc1)c1ccco1. The molecule has 0 saturated carbocycles. The molecule has 3 heterocycles. The van der Waals surface area contributed by atoms with Crippen molar-refractivity contribution in [2.75, 3.05) is 4.90 Å². The molecule has 176 valence electrons. The van der Waals surface area contributed by atoms with Gasteiger partial charge in [0.15, 0.2) is 15.9 Å². The number of rotatable bonds is 7. The number of aliphatic hydroxyl groups excluding tert-OH is 1. The fraction of sp³-hybridized carbons (Fsp3) is 0.0833. The van der Waals surface area contributed by atoms with E-state index in [0.717, 1.165) is 16.9 Å². The Bertz CT molecular complexity index is 1420. The predicted octanol–water partition coefficient (Wildman–Crippen LogP) is 6.00. The number of nitrogens with zero attached hydrogens (tertiary/aromatic N) is 3. The van der Waals surface area contributed by atoms with Gasteiger partial charge < -0.3 is 9.52 Å². The third-order valence-electron chi connectivity index (χ3n) is 5.26. The fourth-order valence-electron chi connectivity index (χ4n) is 3.62. The predicted molar refractivity (Wildman–Crippen MR) is 130 cm³/mol. The molecule has 0 spiro atoms. The molecule has 2 aromatic heterocycles. The lowest BCUT2D eigenvalue weighted by atomic mass is 9.95. The molecule has 2 aromatic carbocycles. The normalized spacial score (nSPS) is 15.8. The summed E-state index contributed by atoms with van der Waals surface area (Å²) < 4.78 is 19.4. The maximum absolute atomic E-state index is 13.6. The van der Waals surface area contributed by atoms with Crippen molar-refractivity contribution >= 4 is 51.5 Å². The molecule has 11 heteroatoms. The van der Waals surface area contributed by atoms with Gasteiger partial charge in [-0.1, -0.05) is 59.0 Å². The zero-order chi connectivity index (χ0) is 24.5. The number of furan rings is 1. The van der Waals surface area contributed by atoms with Crippen LogP contribution in [0.3, 0.4) is 0 Å². The van der Waals surface area contributed by atoms with Gasteiger partial charge in [0.25, 0.3) is 5.91 Å². The van der Waals surface area contributed by atoms with Gasteiger partial charge in [-0.2, -0.15) is 0 Å². The average molecular weight is 528 g/mol. The van der Waals surface area contributed by atoms with Crippen LogP contribution >= 0.6 is 34.7 Å². The van der Waals surface area contributed by atoms with Gasteiger partial charge in [0.05, 0.1) is 17.9 Å².